The number of nitrogens with zero attached hydrogens (tertiary/aromatic N) is 2. The van der Waals surface area contributed by atoms with Crippen molar-refractivity contribution in [2.24, 2.45) is 0 Å². The normalized spacial score (nSPS) is 15.9. The van der Waals surface area contributed by atoms with E-state index in [4.69, 9.17) is 9.47 Å². The van der Waals surface area contributed by atoms with Gasteiger partial charge in [0.2, 0.25) is 0 Å². The number of ether oxygens (including phenoxy) is 2. The zero-order valence-corrected chi connectivity index (χ0v) is 16.9. The van der Waals surface area contributed by atoms with Gasteiger partial charge in [0.25, 0.3) is 0 Å². The highest BCUT2D eigenvalue weighted by Gasteiger charge is 2.28. The van der Waals surface area contributed by atoms with Crippen molar-refractivity contribution in [2.45, 2.75) is 12.1 Å². The lowest BCUT2D eigenvalue weighted by Crippen LogP contribution is -2.37. The topological polar surface area (TPSA) is 99.5 Å². The van der Waals surface area contributed by atoms with Crippen LogP contribution in [0.3, 0.4) is 0 Å². The molecule has 0 fully saturated rings. The number of methoxy groups -OCH3 is 2. The molecule has 1 aromatic rings. The lowest BCUT2D eigenvalue weighted by atomic mass is 10.0. The minimum absolute atomic E-state index is 0.0131. The smallest absolute Gasteiger partial charge is 0.355 e. The Morgan fingerprint density at radius 2 is 1.69 bits per heavy atom. The van der Waals surface area contributed by atoms with Gasteiger partial charge in [0.05, 0.1) is 38.5 Å². The molecule has 2 atom stereocenters. The van der Waals surface area contributed by atoms with E-state index >= 15 is 0 Å². The molecular formula is C21H26N2O6. The van der Waals surface area contributed by atoms with Crippen molar-refractivity contribution in [1.29, 1.82) is 0 Å². The summed E-state index contributed by atoms with van der Waals surface area (Å²) in [5.74, 6) is -1.36. The fourth-order valence-corrected chi connectivity index (χ4v) is 2.97. The Bertz CT molecular complexity index is 826. The Morgan fingerprint density at radius 3 is 2.21 bits per heavy atom. The van der Waals surface area contributed by atoms with Crippen LogP contribution in [0, 0.1) is 0 Å². The first kappa shape index (κ1) is 22.4. The number of anilines is 1. The Morgan fingerprint density at radius 1 is 1.07 bits per heavy atom. The SMILES string of the molecule is COC(=O)C1=C(C(=O)OC)N(c2ccc(C(O)C(CO)N(C)C)cc2)C=CC=C1. The van der Waals surface area contributed by atoms with Crippen LogP contribution in [-0.4, -0.2) is 68.0 Å². The number of aliphatic hydroxyl groups is 2. The third-order valence-corrected chi connectivity index (χ3v) is 4.62. The van der Waals surface area contributed by atoms with Gasteiger partial charge in [0, 0.05) is 11.9 Å². The number of hydrogen-bond acceptors (Lipinski definition) is 8. The molecule has 29 heavy (non-hydrogen) atoms. The molecule has 0 aromatic heterocycles. The summed E-state index contributed by atoms with van der Waals surface area (Å²) in [6.07, 6.45) is 5.51. The Balaban J connectivity index is 2.46. The quantitative estimate of drug-likeness (QED) is 0.655. The molecule has 1 heterocycles. The van der Waals surface area contributed by atoms with Crippen molar-refractivity contribution in [3.05, 3.63) is 65.5 Å². The minimum Gasteiger partial charge on any atom is -0.465 e. The van der Waals surface area contributed by atoms with E-state index in [2.05, 4.69) is 0 Å². The van der Waals surface area contributed by atoms with Crippen molar-refractivity contribution >= 4 is 17.6 Å². The number of allylic oxidation sites excluding steroid dienone is 2. The summed E-state index contributed by atoms with van der Waals surface area (Å²) < 4.78 is 9.66. The number of carbonyl (C=O) groups excluding carboxylic acids is 2. The summed E-state index contributed by atoms with van der Waals surface area (Å²) in [5, 5.41) is 20.1. The maximum absolute atomic E-state index is 12.4. The van der Waals surface area contributed by atoms with Crippen LogP contribution in [0.5, 0.6) is 0 Å². The Hall–Kier alpha value is -2.94. The molecule has 8 nitrogen and oxygen atoms in total. The van der Waals surface area contributed by atoms with Crippen molar-refractivity contribution in [3.8, 4) is 0 Å². The average Bonchev–Trinajstić information content (AvgIpc) is 2.95. The highest BCUT2D eigenvalue weighted by Crippen LogP contribution is 2.28. The second kappa shape index (κ2) is 10.0. The van der Waals surface area contributed by atoms with E-state index < -0.39 is 24.1 Å². The van der Waals surface area contributed by atoms with Crippen molar-refractivity contribution < 1.29 is 29.3 Å². The summed E-state index contributed by atoms with van der Waals surface area (Å²) in [7, 11) is 6.01. The summed E-state index contributed by atoms with van der Waals surface area (Å²) in [6, 6.07) is 6.35. The molecule has 0 bridgehead atoms. The van der Waals surface area contributed by atoms with E-state index in [-0.39, 0.29) is 17.9 Å². The van der Waals surface area contributed by atoms with Crippen LogP contribution in [0.15, 0.2) is 60.0 Å². The number of carbonyl (C=O) groups is 2. The highest BCUT2D eigenvalue weighted by atomic mass is 16.5. The first-order valence-corrected chi connectivity index (χ1v) is 8.96. The van der Waals surface area contributed by atoms with Crippen LogP contribution in [0.25, 0.3) is 0 Å². The van der Waals surface area contributed by atoms with Gasteiger partial charge in [0.15, 0.2) is 0 Å². The number of hydrogen-bond donors (Lipinski definition) is 2. The van der Waals surface area contributed by atoms with Gasteiger partial charge in [-0.2, -0.15) is 0 Å². The summed E-state index contributed by atoms with van der Waals surface area (Å²) >= 11 is 0. The summed E-state index contributed by atoms with van der Waals surface area (Å²) in [5.41, 5.74) is 1.25. The van der Waals surface area contributed by atoms with E-state index in [1.165, 1.54) is 25.2 Å². The first-order chi connectivity index (χ1) is 13.8. The van der Waals surface area contributed by atoms with Gasteiger partial charge in [0.1, 0.15) is 5.70 Å². The largest absolute Gasteiger partial charge is 0.465 e. The average molecular weight is 402 g/mol. The van der Waals surface area contributed by atoms with E-state index in [0.717, 1.165) is 0 Å². The predicted molar refractivity (Wildman–Crippen MR) is 108 cm³/mol. The molecule has 0 aliphatic carbocycles. The third kappa shape index (κ3) is 4.92. The molecule has 1 aliphatic heterocycles. The van der Waals surface area contributed by atoms with Crippen LogP contribution >= 0.6 is 0 Å². The van der Waals surface area contributed by atoms with E-state index in [9.17, 15) is 19.8 Å². The zero-order chi connectivity index (χ0) is 21.6. The number of aliphatic hydroxyl groups excluding tert-OH is 2. The van der Waals surface area contributed by atoms with Crippen molar-refractivity contribution in [3.63, 3.8) is 0 Å². The van der Waals surface area contributed by atoms with Crippen molar-refractivity contribution in [1.82, 2.24) is 4.90 Å². The number of benzene rings is 1. The molecule has 1 aliphatic rings. The molecule has 1 aromatic carbocycles. The monoisotopic (exact) mass is 402 g/mol. The molecule has 0 spiro atoms. The molecular weight excluding hydrogens is 376 g/mol. The summed E-state index contributed by atoms with van der Waals surface area (Å²) in [4.78, 5) is 27.9. The Kier molecular flexibility index (Phi) is 7.72. The molecule has 2 rings (SSSR count). The number of rotatable bonds is 7. The van der Waals surface area contributed by atoms with E-state index in [0.29, 0.717) is 11.3 Å². The van der Waals surface area contributed by atoms with Gasteiger partial charge in [-0.1, -0.05) is 18.2 Å². The van der Waals surface area contributed by atoms with Crippen molar-refractivity contribution in [2.75, 3.05) is 39.8 Å². The van der Waals surface area contributed by atoms with Crippen LogP contribution in [0.4, 0.5) is 5.69 Å². The van der Waals surface area contributed by atoms with Crippen LogP contribution in [0.1, 0.15) is 11.7 Å². The first-order valence-electron chi connectivity index (χ1n) is 8.96. The van der Waals surface area contributed by atoms with Gasteiger partial charge in [-0.15, -0.1) is 0 Å². The lowest BCUT2D eigenvalue weighted by Gasteiger charge is -2.28. The molecule has 2 N–H and O–H groups in total. The third-order valence-electron chi connectivity index (χ3n) is 4.62. The standard InChI is InChI=1S/C21H26N2O6/c1-22(2)17(13-24)19(25)14-8-10-15(11-9-14)23-12-6-5-7-16(20(26)28-3)18(23)21(27)29-4/h5-12,17,19,24-25H,13H2,1-4H3. The van der Waals surface area contributed by atoms with Gasteiger partial charge in [-0.05, 0) is 43.9 Å². The molecule has 0 amide bonds. The maximum Gasteiger partial charge on any atom is 0.355 e. The molecule has 0 saturated heterocycles. The van der Waals surface area contributed by atoms with Gasteiger partial charge < -0.3 is 29.5 Å². The van der Waals surface area contributed by atoms with E-state index in [1.54, 1.807) is 61.6 Å². The zero-order valence-electron chi connectivity index (χ0n) is 16.9. The number of likely N-dealkylation sites (N-methyl/N-ethyl adjacent to an activating group) is 1. The highest BCUT2D eigenvalue weighted by molar-refractivity contribution is 6.05. The molecule has 0 saturated carbocycles. The second-order valence-electron chi connectivity index (χ2n) is 6.57. The number of esters is 2. The van der Waals surface area contributed by atoms with Gasteiger partial charge >= 0.3 is 11.9 Å². The van der Waals surface area contributed by atoms with Gasteiger partial charge in [-0.3, -0.25) is 0 Å². The molecule has 0 radical (unpaired) electrons. The van der Waals surface area contributed by atoms with Crippen LogP contribution in [0.2, 0.25) is 0 Å². The van der Waals surface area contributed by atoms with Crippen LogP contribution in [-0.2, 0) is 19.1 Å². The van der Waals surface area contributed by atoms with Crippen LogP contribution < -0.4 is 4.90 Å². The van der Waals surface area contributed by atoms with E-state index in [1.807, 2.05) is 0 Å². The fraction of sp³-hybridized carbons (Fsp3) is 0.333. The Labute approximate surface area is 169 Å². The molecule has 8 heteroatoms. The second-order valence-corrected chi connectivity index (χ2v) is 6.57. The lowest BCUT2D eigenvalue weighted by molar-refractivity contribution is -0.139. The maximum atomic E-state index is 12.4. The fourth-order valence-electron chi connectivity index (χ4n) is 2.97. The predicted octanol–water partition coefficient (Wildman–Crippen LogP) is 1.13. The summed E-state index contributed by atoms with van der Waals surface area (Å²) in [6.45, 7) is -0.200. The van der Waals surface area contributed by atoms with Gasteiger partial charge in [-0.25, -0.2) is 9.59 Å². The molecule has 156 valence electrons. The molecule has 2 unspecified atom stereocenters. The minimum atomic E-state index is -0.897.